The lowest BCUT2D eigenvalue weighted by Gasteiger charge is -2.12. The number of nitrogens with two attached hydrogens (primary N) is 1. The summed E-state index contributed by atoms with van der Waals surface area (Å²) in [5.74, 6) is -1.43. The van der Waals surface area contributed by atoms with Gasteiger partial charge in [0.05, 0.1) is 9.93 Å². The van der Waals surface area contributed by atoms with Gasteiger partial charge < -0.3 is 15.8 Å². The summed E-state index contributed by atoms with van der Waals surface area (Å²) in [6.07, 6.45) is 1.49. The van der Waals surface area contributed by atoms with Crippen LogP contribution in [0.2, 0.25) is 5.02 Å². The highest BCUT2D eigenvalue weighted by atomic mass is 35.5. The maximum absolute atomic E-state index is 12.6. The number of ether oxygens (including phenoxy) is 1. The molecule has 3 N–H and O–H groups in total. The second-order valence-corrected chi connectivity index (χ2v) is 7.53. The Labute approximate surface area is 181 Å². The lowest BCUT2D eigenvalue weighted by atomic mass is 10.2. The summed E-state index contributed by atoms with van der Waals surface area (Å²) in [6, 6.07) is 13.4. The van der Waals surface area contributed by atoms with Gasteiger partial charge in [0.15, 0.2) is 6.61 Å². The van der Waals surface area contributed by atoms with Crippen LogP contribution >= 0.6 is 23.4 Å². The second kappa shape index (κ2) is 9.47. The molecular formula is C20H16ClN3O5S. The Kier molecular flexibility index (Phi) is 6.76. The minimum Gasteiger partial charge on any atom is -0.482 e. The van der Waals surface area contributed by atoms with Crippen LogP contribution in [0.5, 0.6) is 5.75 Å². The number of amides is 4. The summed E-state index contributed by atoms with van der Waals surface area (Å²) < 4.78 is 5.16. The number of rotatable bonds is 7. The van der Waals surface area contributed by atoms with Crippen molar-refractivity contribution < 1.29 is 23.9 Å². The average Bonchev–Trinajstić information content (AvgIpc) is 2.95. The molecule has 1 aliphatic heterocycles. The standard InChI is InChI=1S/C20H16ClN3O5S/c21-14-8-12(6-7-15(14)29-11-17(22)25)9-16-19(27)24(20(28)30-16)10-18(26)23-13-4-2-1-3-5-13/h1-9H,10-11H2,(H2,22,25)(H,23,26)/b16-9-. The maximum Gasteiger partial charge on any atom is 0.294 e. The highest BCUT2D eigenvalue weighted by Gasteiger charge is 2.36. The van der Waals surface area contributed by atoms with E-state index in [1.165, 1.54) is 18.2 Å². The Morgan fingerprint density at radius 2 is 1.90 bits per heavy atom. The summed E-state index contributed by atoms with van der Waals surface area (Å²) in [4.78, 5) is 48.8. The molecular weight excluding hydrogens is 430 g/mol. The number of benzene rings is 2. The van der Waals surface area contributed by atoms with Crippen LogP contribution in [0.1, 0.15) is 5.56 Å². The van der Waals surface area contributed by atoms with E-state index in [1.54, 1.807) is 36.4 Å². The van der Waals surface area contributed by atoms with Crippen molar-refractivity contribution >= 4 is 58.1 Å². The Morgan fingerprint density at radius 1 is 1.17 bits per heavy atom. The predicted octanol–water partition coefficient (Wildman–Crippen LogP) is 2.88. The first-order valence-electron chi connectivity index (χ1n) is 8.64. The van der Waals surface area contributed by atoms with Crippen LogP contribution in [0.15, 0.2) is 53.4 Å². The zero-order valence-electron chi connectivity index (χ0n) is 15.5. The molecule has 0 aliphatic carbocycles. The first-order chi connectivity index (χ1) is 14.3. The van der Waals surface area contributed by atoms with Gasteiger partial charge in [-0.3, -0.25) is 24.1 Å². The van der Waals surface area contributed by atoms with Crippen LogP contribution in [0, 0.1) is 0 Å². The summed E-state index contributed by atoms with van der Waals surface area (Å²) in [6.45, 7) is -0.708. The summed E-state index contributed by atoms with van der Waals surface area (Å²) in [5, 5.41) is 2.30. The molecule has 0 bridgehead atoms. The van der Waals surface area contributed by atoms with E-state index in [0.717, 1.165) is 16.7 Å². The van der Waals surface area contributed by atoms with E-state index in [0.29, 0.717) is 11.3 Å². The Bertz CT molecular complexity index is 1040. The van der Waals surface area contributed by atoms with Gasteiger partial charge in [0.1, 0.15) is 12.3 Å². The van der Waals surface area contributed by atoms with E-state index in [2.05, 4.69) is 5.32 Å². The van der Waals surface area contributed by atoms with Crippen LogP contribution in [0.3, 0.4) is 0 Å². The molecule has 0 aromatic heterocycles. The van der Waals surface area contributed by atoms with E-state index < -0.39 is 29.5 Å². The number of anilines is 1. The largest absolute Gasteiger partial charge is 0.482 e. The Morgan fingerprint density at radius 3 is 2.57 bits per heavy atom. The minimum absolute atomic E-state index is 0.161. The van der Waals surface area contributed by atoms with Gasteiger partial charge in [-0.25, -0.2) is 0 Å². The normalized spacial score (nSPS) is 14.8. The molecule has 1 fully saturated rings. The van der Waals surface area contributed by atoms with Crippen LogP contribution in [0.25, 0.3) is 6.08 Å². The molecule has 10 heteroatoms. The number of nitrogens with zero attached hydrogens (tertiary/aromatic N) is 1. The highest BCUT2D eigenvalue weighted by Crippen LogP contribution is 2.33. The fourth-order valence-corrected chi connectivity index (χ4v) is 3.61. The lowest BCUT2D eigenvalue weighted by Crippen LogP contribution is -2.36. The van der Waals surface area contributed by atoms with Gasteiger partial charge >= 0.3 is 0 Å². The number of halogens is 1. The van der Waals surface area contributed by atoms with E-state index in [9.17, 15) is 19.2 Å². The number of carbonyl (C=O) groups is 4. The monoisotopic (exact) mass is 445 g/mol. The third-order valence-electron chi connectivity index (χ3n) is 3.86. The summed E-state index contributed by atoms with van der Waals surface area (Å²) >= 11 is 6.84. The van der Waals surface area contributed by atoms with Crippen molar-refractivity contribution in [3.63, 3.8) is 0 Å². The fourth-order valence-electron chi connectivity index (χ4n) is 2.53. The van der Waals surface area contributed by atoms with Gasteiger partial charge in [-0.05, 0) is 47.7 Å². The number of hydrogen-bond donors (Lipinski definition) is 2. The smallest absolute Gasteiger partial charge is 0.294 e. The van der Waals surface area contributed by atoms with Crippen LogP contribution in [-0.4, -0.2) is 41.0 Å². The number of para-hydroxylation sites is 1. The molecule has 154 valence electrons. The number of primary amides is 1. The van der Waals surface area contributed by atoms with E-state index >= 15 is 0 Å². The summed E-state index contributed by atoms with van der Waals surface area (Å²) in [5.41, 5.74) is 6.14. The fraction of sp³-hybridized carbons (Fsp3) is 0.100. The second-order valence-electron chi connectivity index (χ2n) is 6.13. The molecule has 0 unspecified atom stereocenters. The highest BCUT2D eigenvalue weighted by molar-refractivity contribution is 8.18. The van der Waals surface area contributed by atoms with Gasteiger partial charge in [-0.15, -0.1) is 0 Å². The average molecular weight is 446 g/mol. The summed E-state index contributed by atoms with van der Waals surface area (Å²) in [7, 11) is 0. The quantitative estimate of drug-likeness (QED) is 0.632. The number of nitrogens with one attached hydrogen (secondary N) is 1. The lowest BCUT2D eigenvalue weighted by molar-refractivity contribution is -0.127. The topological polar surface area (TPSA) is 119 Å². The van der Waals surface area contributed by atoms with Crippen molar-refractivity contribution in [2.45, 2.75) is 0 Å². The molecule has 4 amide bonds. The van der Waals surface area contributed by atoms with Crippen molar-refractivity contribution in [1.82, 2.24) is 4.90 Å². The first-order valence-corrected chi connectivity index (χ1v) is 9.84. The maximum atomic E-state index is 12.6. The van der Waals surface area contributed by atoms with Crippen molar-refractivity contribution in [3.05, 3.63) is 64.0 Å². The molecule has 2 aromatic carbocycles. The van der Waals surface area contributed by atoms with Gasteiger partial charge in [-0.1, -0.05) is 35.9 Å². The van der Waals surface area contributed by atoms with Crippen molar-refractivity contribution in [1.29, 1.82) is 0 Å². The van der Waals surface area contributed by atoms with E-state index in [4.69, 9.17) is 22.1 Å². The number of imide groups is 1. The predicted molar refractivity (Wildman–Crippen MR) is 114 cm³/mol. The Hall–Kier alpha value is -3.30. The van der Waals surface area contributed by atoms with Crippen molar-refractivity contribution in [2.24, 2.45) is 5.73 Å². The third-order valence-corrected chi connectivity index (χ3v) is 5.06. The number of thioether (sulfide) groups is 1. The number of hydrogen-bond acceptors (Lipinski definition) is 6. The van der Waals surface area contributed by atoms with E-state index in [-0.39, 0.29) is 22.3 Å². The van der Waals surface area contributed by atoms with E-state index in [1.807, 2.05) is 0 Å². The first kappa shape index (κ1) is 21.4. The van der Waals surface area contributed by atoms with Crippen LogP contribution in [0.4, 0.5) is 10.5 Å². The SMILES string of the molecule is NC(=O)COc1ccc(/C=C2\SC(=O)N(CC(=O)Nc3ccccc3)C2=O)cc1Cl. The molecule has 3 rings (SSSR count). The van der Waals surface area contributed by atoms with Gasteiger partial charge in [0, 0.05) is 5.69 Å². The Balaban J connectivity index is 1.68. The molecule has 2 aromatic rings. The molecule has 0 saturated carbocycles. The van der Waals surface area contributed by atoms with Crippen molar-refractivity contribution in [2.75, 3.05) is 18.5 Å². The number of carbonyl (C=O) groups excluding carboxylic acids is 4. The van der Waals surface area contributed by atoms with Gasteiger partial charge in [-0.2, -0.15) is 0 Å². The zero-order valence-corrected chi connectivity index (χ0v) is 17.0. The molecule has 1 heterocycles. The molecule has 1 saturated heterocycles. The van der Waals surface area contributed by atoms with Crippen LogP contribution < -0.4 is 15.8 Å². The van der Waals surface area contributed by atoms with Crippen molar-refractivity contribution in [3.8, 4) is 5.75 Å². The molecule has 0 atom stereocenters. The zero-order chi connectivity index (χ0) is 21.7. The molecule has 8 nitrogen and oxygen atoms in total. The third kappa shape index (κ3) is 5.40. The molecule has 30 heavy (non-hydrogen) atoms. The van der Waals surface area contributed by atoms with Crippen LogP contribution in [-0.2, 0) is 14.4 Å². The minimum atomic E-state index is -0.639. The molecule has 0 radical (unpaired) electrons. The van der Waals surface area contributed by atoms with Gasteiger partial charge in [0.25, 0.3) is 17.1 Å². The molecule has 0 spiro atoms. The van der Waals surface area contributed by atoms with Gasteiger partial charge in [0.2, 0.25) is 5.91 Å². The molecule has 1 aliphatic rings.